The summed E-state index contributed by atoms with van der Waals surface area (Å²) in [5, 5.41) is 0. The standard InChI is InChI=1S/C15H23NO/c1-2-17-11-5-9-15(12-16)10-8-13-6-3-4-7-14(13)15/h3-4,6-7H,2,5,8-12,16H2,1H3. The second-order valence-electron chi connectivity index (χ2n) is 4.94. The molecule has 0 aliphatic heterocycles. The Labute approximate surface area is 104 Å². The van der Waals surface area contributed by atoms with E-state index in [1.165, 1.54) is 24.0 Å². The molecule has 1 aliphatic rings. The highest BCUT2D eigenvalue weighted by molar-refractivity contribution is 5.39. The van der Waals surface area contributed by atoms with Crippen LogP contribution < -0.4 is 5.73 Å². The Kier molecular flexibility index (Phi) is 4.19. The molecule has 0 bridgehead atoms. The Bertz CT molecular complexity index is 364. The molecule has 1 unspecified atom stereocenters. The molecular formula is C15H23NO. The van der Waals surface area contributed by atoms with E-state index in [0.29, 0.717) is 0 Å². The Morgan fingerprint density at radius 3 is 2.94 bits per heavy atom. The van der Waals surface area contributed by atoms with Crippen molar-refractivity contribution in [2.24, 2.45) is 5.73 Å². The van der Waals surface area contributed by atoms with Crippen LogP contribution in [-0.4, -0.2) is 19.8 Å². The number of benzene rings is 1. The van der Waals surface area contributed by atoms with Crippen LogP contribution in [0.25, 0.3) is 0 Å². The van der Waals surface area contributed by atoms with Crippen LogP contribution >= 0.6 is 0 Å². The predicted molar refractivity (Wildman–Crippen MR) is 71.2 cm³/mol. The second-order valence-corrected chi connectivity index (χ2v) is 4.94. The van der Waals surface area contributed by atoms with Crippen molar-refractivity contribution in [2.75, 3.05) is 19.8 Å². The largest absolute Gasteiger partial charge is 0.382 e. The molecule has 0 aromatic heterocycles. The second kappa shape index (κ2) is 5.65. The number of fused-ring (bicyclic) bond motifs is 1. The smallest absolute Gasteiger partial charge is 0.0466 e. The van der Waals surface area contributed by atoms with Gasteiger partial charge < -0.3 is 10.5 Å². The minimum Gasteiger partial charge on any atom is -0.382 e. The van der Waals surface area contributed by atoms with Crippen LogP contribution in [-0.2, 0) is 16.6 Å². The van der Waals surface area contributed by atoms with Gasteiger partial charge in [0.25, 0.3) is 0 Å². The highest BCUT2D eigenvalue weighted by Crippen LogP contribution is 2.41. The third kappa shape index (κ3) is 2.53. The number of nitrogens with two attached hydrogens (primary N) is 1. The zero-order valence-corrected chi connectivity index (χ0v) is 10.7. The van der Waals surface area contributed by atoms with Crippen LogP contribution in [0.4, 0.5) is 0 Å². The van der Waals surface area contributed by atoms with Gasteiger partial charge in [-0.05, 0) is 43.7 Å². The molecule has 0 saturated heterocycles. The molecule has 2 rings (SSSR count). The lowest BCUT2D eigenvalue weighted by molar-refractivity contribution is 0.137. The van der Waals surface area contributed by atoms with Crippen LogP contribution in [0, 0.1) is 0 Å². The highest BCUT2D eigenvalue weighted by Gasteiger charge is 2.36. The maximum atomic E-state index is 6.06. The van der Waals surface area contributed by atoms with Gasteiger partial charge in [-0.25, -0.2) is 0 Å². The van der Waals surface area contributed by atoms with Gasteiger partial charge in [-0.2, -0.15) is 0 Å². The van der Waals surface area contributed by atoms with Crippen molar-refractivity contribution < 1.29 is 4.74 Å². The van der Waals surface area contributed by atoms with Crippen molar-refractivity contribution in [1.82, 2.24) is 0 Å². The summed E-state index contributed by atoms with van der Waals surface area (Å²) in [6.45, 7) is 4.48. The zero-order chi connectivity index (χ0) is 12.1. The van der Waals surface area contributed by atoms with Crippen LogP contribution in [0.15, 0.2) is 24.3 Å². The van der Waals surface area contributed by atoms with Crippen molar-refractivity contribution in [3.05, 3.63) is 35.4 Å². The Hall–Kier alpha value is -0.860. The molecule has 1 atom stereocenters. The first-order chi connectivity index (χ1) is 8.32. The summed E-state index contributed by atoms with van der Waals surface area (Å²) in [5.41, 5.74) is 9.25. The molecule has 2 nitrogen and oxygen atoms in total. The van der Waals surface area contributed by atoms with Gasteiger partial charge in [-0.1, -0.05) is 24.3 Å². The van der Waals surface area contributed by atoms with Crippen molar-refractivity contribution in [3.8, 4) is 0 Å². The van der Waals surface area contributed by atoms with Crippen LogP contribution in [0.5, 0.6) is 0 Å². The number of hydrogen-bond donors (Lipinski definition) is 1. The van der Waals surface area contributed by atoms with Crippen LogP contribution in [0.3, 0.4) is 0 Å². The first-order valence-electron chi connectivity index (χ1n) is 6.68. The summed E-state index contributed by atoms with van der Waals surface area (Å²) in [7, 11) is 0. The average Bonchev–Trinajstić information content (AvgIpc) is 2.75. The molecule has 0 amide bonds. The van der Waals surface area contributed by atoms with E-state index in [4.69, 9.17) is 10.5 Å². The summed E-state index contributed by atoms with van der Waals surface area (Å²) in [6, 6.07) is 8.77. The van der Waals surface area contributed by atoms with E-state index in [1.807, 2.05) is 6.92 Å². The Balaban J connectivity index is 2.06. The monoisotopic (exact) mass is 233 g/mol. The molecule has 0 heterocycles. The molecular weight excluding hydrogens is 210 g/mol. The van der Waals surface area contributed by atoms with Crippen molar-refractivity contribution in [1.29, 1.82) is 0 Å². The lowest BCUT2D eigenvalue weighted by atomic mass is 9.78. The first-order valence-corrected chi connectivity index (χ1v) is 6.68. The van der Waals surface area contributed by atoms with E-state index in [0.717, 1.165) is 32.6 Å². The van der Waals surface area contributed by atoms with Crippen LogP contribution in [0.1, 0.15) is 37.3 Å². The number of ether oxygens (including phenoxy) is 1. The Morgan fingerprint density at radius 2 is 2.18 bits per heavy atom. The fraction of sp³-hybridized carbons (Fsp3) is 0.600. The lowest BCUT2D eigenvalue weighted by Gasteiger charge is -2.29. The quantitative estimate of drug-likeness (QED) is 0.767. The minimum absolute atomic E-state index is 0.216. The summed E-state index contributed by atoms with van der Waals surface area (Å²) in [4.78, 5) is 0. The molecule has 1 aromatic rings. The highest BCUT2D eigenvalue weighted by atomic mass is 16.5. The first kappa shape index (κ1) is 12.6. The minimum atomic E-state index is 0.216. The fourth-order valence-electron chi connectivity index (χ4n) is 2.99. The van der Waals surface area contributed by atoms with Gasteiger partial charge in [0.15, 0.2) is 0 Å². The van der Waals surface area contributed by atoms with Gasteiger partial charge in [0.2, 0.25) is 0 Å². The van der Waals surface area contributed by atoms with E-state index >= 15 is 0 Å². The molecule has 0 fully saturated rings. The number of hydrogen-bond acceptors (Lipinski definition) is 2. The molecule has 0 saturated carbocycles. The van der Waals surface area contributed by atoms with Gasteiger partial charge in [0, 0.05) is 25.2 Å². The van der Waals surface area contributed by atoms with E-state index in [1.54, 1.807) is 0 Å². The summed E-state index contributed by atoms with van der Waals surface area (Å²) >= 11 is 0. The molecule has 0 spiro atoms. The van der Waals surface area contributed by atoms with Crippen molar-refractivity contribution in [2.45, 2.75) is 38.0 Å². The molecule has 1 aromatic carbocycles. The van der Waals surface area contributed by atoms with Gasteiger partial charge >= 0.3 is 0 Å². The van der Waals surface area contributed by atoms with E-state index < -0.39 is 0 Å². The number of rotatable bonds is 6. The van der Waals surface area contributed by atoms with Gasteiger partial charge in [0.1, 0.15) is 0 Å². The van der Waals surface area contributed by atoms with Crippen molar-refractivity contribution in [3.63, 3.8) is 0 Å². The van der Waals surface area contributed by atoms with Crippen molar-refractivity contribution >= 4 is 0 Å². The van der Waals surface area contributed by atoms with E-state index in [9.17, 15) is 0 Å². The maximum Gasteiger partial charge on any atom is 0.0466 e. The molecule has 17 heavy (non-hydrogen) atoms. The molecule has 0 radical (unpaired) electrons. The molecule has 94 valence electrons. The predicted octanol–water partition coefficient (Wildman–Crippen LogP) is 2.65. The number of aryl methyl sites for hydroxylation is 1. The SMILES string of the molecule is CCOCCCC1(CN)CCc2ccccc21. The van der Waals surface area contributed by atoms with Crippen LogP contribution in [0.2, 0.25) is 0 Å². The fourth-order valence-corrected chi connectivity index (χ4v) is 2.99. The zero-order valence-electron chi connectivity index (χ0n) is 10.7. The third-order valence-corrected chi connectivity index (χ3v) is 4.00. The molecule has 2 N–H and O–H groups in total. The Morgan fingerprint density at radius 1 is 1.35 bits per heavy atom. The molecule has 1 aliphatic carbocycles. The average molecular weight is 233 g/mol. The van der Waals surface area contributed by atoms with E-state index in [-0.39, 0.29) is 5.41 Å². The lowest BCUT2D eigenvalue weighted by Crippen LogP contribution is -2.33. The van der Waals surface area contributed by atoms with Gasteiger partial charge in [0.05, 0.1) is 0 Å². The summed E-state index contributed by atoms with van der Waals surface area (Å²) in [6.07, 6.45) is 4.65. The maximum absolute atomic E-state index is 6.06. The summed E-state index contributed by atoms with van der Waals surface area (Å²) < 4.78 is 5.43. The third-order valence-electron chi connectivity index (χ3n) is 4.00. The normalized spacial score (nSPS) is 22.7. The summed E-state index contributed by atoms with van der Waals surface area (Å²) in [5.74, 6) is 0. The topological polar surface area (TPSA) is 35.2 Å². The van der Waals surface area contributed by atoms with E-state index in [2.05, 4.69) is 24.3 Å². The molecule has 2 heteroatoms. The van der Waals surface area contributed by atoms with Gasteiger partial charge in [-0.15, -0.1) is 0 Å². The van der Waals surface area contributed by atoms with Gasteiger partial charge in [-0.3, -0.25) is 0 Å².